The molecule has 2 N–H and O–H groups in total. The summed E-state index contributed by atoms with van der Waals surface area (Å²) in [6.07, 6.45) is -4.44. The fourth-order valence-electron chi connectivity index (χ4n) is 5.30. The zero-order valence-corrected chi connectivity index (χ0v) is 27.2. The lowest BCUT2D eigenvalue weighted by Crippen LogP contribution is -2.43. The molecule has 3 atom stereocenters. The molecular weight excluding hydrogens is 605 g/mol. The molecule has 0 saturated carbocycles. The van der Waals surface area contributed by atoms with E-state index in [1.54, 1.807) is 6.07 Å². The van der Waals surface area contributed by atoms with Gasteiger partial charge in [0.15, 0.2) is 19.8 Å². The maximum Gasteiger partial charge on any atom is 0.408 e. The highest BCUT2D eigenvalue weighted by atomic mass is 28.4. The first-order chi connectivity index (χ1) is 21.0. The molecule has 14 heteroatoms. The summed E-state index contributed by atoms with van der Waals surface area (Å²) < 4.78 is 57.5. The molecule has 242 valence electrons. The number of benzene rings is 1. The van der Waals surface area contributed by atoms with E-state index in [4.69, 9.17) is 19.3 Å². The number of halogens is 3. The Bertz CT molecular complexity index is 1690. The molecule has 5 rings (SSSR count). The number of nitrogens with zero attached hydrogens (tertiary/aromatic N) is 5. The van der Waals surface area contributed by atoms with Crippen molar-refractivity contribution in [2.45, 2.75) is 76.6 Å². The highest BCUT2D eigenvalue weighted by Crippen LogP contribution is 2.40. The minimum atomic E-state index is -4.60. The topological polar surface area (TPSA) is 114 Å². The van der Waals surface area contributed by atoms with Crippen LogP contribution in [0.15, 0.2) is 48.7 Å². The van der Waals surface area contributed by atoms with Crippen molar-refractivity contribution >= 4 is 31.0 Å². The first-order valence-corrected chi connectivity index (χ1v) is 17.8. The van der Waals surface area contributed by atoms with Crippen LogP contribution in [0.25, 0.3) is 28.1 Å². The Hall–Kier alpha value is -3.75. The summed E-state index contributed by atoms with van der Waals surface area (Å²) in [6, 6.07) is 9.60. The fraction of sp³-hybridized carbons (Fsp3) is 0.484. The minimum Gasteiger partial charge on any atom is -0.486 e. The predicted molar refractivity (Wildman–Crippen MR) is 167 cm³/mol. The molecule has 4 heterocycles. The number of carboxylic acid groups (broad SMARTS) is 1. The van der Waals surface area contributed by atoms with Crippen molar-refractivity contribution in [3.05, 3.63) is 54.2 Å². The van der Waals surface area contributed by atoms with Crippen LogP contribution in [0.4, 0.5) is 18.0 Å². The van der Waals surface area contributed by atoms with Gasteiger partial charge in [-0.25, -0.2) is 9.78 Å². The summed E-state index contributed by atoms with van der Waals surface area (Å²) in [5, 5.41) is 20.7. The van der Waals surface area contributed by atoms with Gasteiger partial charge in [0.25, 0.3) is 0 Å². The van der Waals surface area contributed by atoms with E-state index in [2.05, 4.69) is 49.4 Å². The third-order valence-corrected chi connectivity index (χ3v) is 13.2. The first-order valence-electron chi connectivity index (χ1n) is 14.9. The first kappa shape index (κ1) is 32.6. The van der Waals surface area contributed by atoms with Crippen LogP contribution in [0.5, 0.6) is 5.75 Å². The predicted octanol–water partition coefficient (Wildman–Crippen LogP) is 6.68. The number of fused-ring (bicyclic) bond motifs is 2. The van der Waals surface area contributed by atoms with E-state index in [-0.39, 0.29) is 42.0 Å². The van der Waals surface area contributed by atoms with Crippen molar-refractivity contribution in [3.8, 4) is 17.3 Å². The molecule has 10 nitrogen and oxygen atoms in total. The molecule has 3 aromatic heterocycles. The second kappa shape index (κ2) is 12.2. The van der Waals surface area contributed by atoms with Crippen molar-refractivity contribution in [1.29, 1.82) is 0 Å². The number of aromatic nitrogens is 4. The lowest BCUT2D eigenvalue weighted by Gasteiger charge is -2.36. The van der Waals surface area contributed by atoms with Gasteiger partial charge in [0.05, 0.1) is 6.61 Å². The molecule has 0 bridgehead atoms. The second-order valence-corrected chi connectivity index (χ2v) is 17.9. The Morgan fingerprint density at radius 1 is 1.13 bits per heavy atom. The molecule has 0 spiro atoms. The SMILES string of the molecule is CC(CO[Si](C)(C)C(C)(C)C)Oc1cccc2ccc(-c3nnc4ccc([C@@H](N5CCC(NC(=O)O)C5)C(F)(F)F)cn34)nc12. The summed E-state index contributed by atoms with van der Waals surface area (Å²) in [4.78, 5) is 17.1. The van der Waals surface area contributed by atoms with Gasteiger partial charge in [-0.1, -0.05) is 45.0 Å². The largest absolute Gasteiger partial charge is 0.486 e. The highest BCUT2D eigenvalue weighted by molar-refractivity contribution is 6.74. The number of nitrogens with one attached hydrogen (secondary N) is 1. The number of alkyl halides is 3. The normalized spacial score (nSPS) is 17.9. The van der Waals surface area contributed by atoms with Crippen molar-refractivity contribution in [2.24, 2.45) is 0 Å². The Morgan fingerprint density at radius 3 is 2.58 bits per heavy atom. The van der Waals surface area contributed by atoms with Gasteiger partial charge in [0.2, 0.25) is 0 Å². The molecular formula is C31H39F3N6O4Si. The van der Waals surface area contributed by atoms with Crippen molar-refractivity contribution in [2.75, 3.05) is 19.7 Å². The molecule has 1 fully saturated rings. The molecule has 2 unspecified atom stereocenters. The third-order valence-electron chi connectivity index (χ3n) is 8.69. The van der Waals surface area contributed by atoms with Gasteiger partial charge in [-0.2, -0.15) is 13.2 Å². The van der Waals surface area contributed by atoms with Gasteiger partial charge in [-0.05, 0) is 55.2 Å². The van der Waals surface area contributed by atoms with Crippen LogP contribution < -0.4 is 10.1 Å². The Morgan fingerprint density at radius 2 is 1.89 bits per heavy atom. The lowest BCUT2D eigenvalue weighted by atomic mass is 10.1. The molecule has 4 aromatic rings. The molecule has 0 aliphatic carbocycles. The summed E-state index contributed by atoms with van der Waals surface area (Å²) in [5.74, 6) is 0.844. The minimum absolute atomic E-state index is 0.00704. The number of pyridine rings is 2. The molecule has 1 amide bonds. The lowest BCUT2D eigenvalue weighted by molar-refractivity contribution is -0.184. The third kappa shape index (κ3) is 7.07. The van der Waals surface area contributed by atoms with Gasteiger partial charge in [0, 0.05) is 30.7 Å². The smallest absolute Gasteiger partial charge is 0.408 e. The average molecular weight is 645 g/mol. The van der Waals surface area contributed by atoms with Crippen LogP contribution in [0, 0.1) is 0 Å². The Kier molecular flexibility index (Phi) is 8.86. The highest BCUT2D eigenvalue weighted by Gasteiger charge is 2.47. The maximum absolute atomic E-state index is 14.4. The van der Waals surface area contributed by atoms with Crippen LogP contribution in [0.2, 0.25) is 18.1 Å². The number of rotatable bonds is 9. The summed E-state index contributed by atoms with van der Waals surface area (Å²) >= 11 is 0. The van der Waals surface area contributed by atoms with E-state index in [0.29, 0.717) is 29.2 Å². The van der Waals surface area contributed by atoms with Gasteiger partial charge in [-0.15, -0.1) is 10.2 Å². The van der Waals surface area contributed by atoms with E-state index in [9.17, 15) is 18.0 Å². The molecule has 45 heavy (non-hydrogen) atoms. The van der Waals surface area contributed by atoms with Gasteiger partial charge in [0.1, 0.15) is 29.1 Å². The molecule has 1 aromatic carbocycles. The number of amides is 1. The number of ether oxygens (including phenoxy) is 1. The van der Waals surface area contributed by atoms with E-state index in [0.717, 1.165) is 5.39 Å². The number of hydrogen-bond donors (Lipinski definition) is 2. The monoisotopic (exact) mass is 644 g/mol. The number of hydrogen-bond acceptors (Lipinski definition) is 7. The van der Waals surface area contributed by atoms with E-state index in [1.165, 1.54) is 27.6 Å². The summed E-state index contributed by atoms with van der Waals surface area (Å²) in [5.41, 5.74) is 1.37. The second-order valence-electron chi connectivity index (χ2n) is 13.1. The standard InChI is InChI=1S/C31H39F3N6O4Si/c1-19(18-43-45(5,6)30(2,3)4)44-24-9-7-8-20-10-12-23(36-26(20)24)28-38-37-25-13-11-21(16-40(25)28)27(31(32,33)34)39-15-14-22(17-39)35-29(41)42/h7-13,16,19,22,27,35H,14-15,17-18H2,1-6H3,(H,41,42)/t19?,22?,27-/m1/s1. The number of likely N-dealkylation sites (tertiary alicyclic amines) is 1. The van der Waals surface area contributed by atoms with Crippen LogP contribution in [0.3, 0.4) is 0 Å². The average Bonchev–Trinajstić information content (AvgIpc) is 3.57. The molecule has 1 aliphatic rings. The maximum atomic E-state index is 14.4. The summed E-state index contributed by atoms with van der Waals surface area (Å²) in [6.45, 7) is 13.3. The van der Waals surface area contributed by atoms with Crippen LogP contribution in [0.1, 0.15) is 45.7 Å². The van der Waals surface area contributed by atoms with Gasteiger partial charge >= 0.3 is 12.3 Å². The van der Waals surface area contributed by atoms with Crippen LogP contribution in [-0.2, 0) is 4.43 Å². The van der Waals surface area contributed by atoms with Crippen LogP contribution in [-0.4, -0.2) is 82.0 Å². The van der Waals surface area contributed by atoms with Gasteiger partial charge in [-0.3, -0.25) is 9.30 Å². The quantitative estimate of drug-likeness (QED) is 0.194. The Labute approximate surface area is 260 Å². The van der Waals surface area contributed by atoms with Crippen molar-refractivity contribution in [3.63, 3.8) is 0 Å². The zero-order valence-electron chi connectivity index (χ0n) is 26.2. The summed E-state index contributed by atoms with van der Waals surface area (Å²) in [7, 11) is -1.97. The van der Waals surface area contributed by atoms with Crippen molar-refractivity contribution in [1.82, 2.24) is 29.8 Å². The van der Waals surface area contributed by atoms with Gasteiger partial charge < -0.3 is 19.6 Å². The number of para-hydroxylation sites is 1. The molecule has 1 aliphatic heterocycles. The van der Waals surface area contributed by atoms with Crippen molar-refractivity contribution < 1.29 is 32.2 Å². The Balaban J connectivity index is 1.45. The van der Waals surface area contributed by atoms with E-state index >= 15 is 0 Å². The van der Waals surface area contributed by atoms with E-state index < -0.39 is 32.7 Å². The van der Waals surface area contributed by atoms with E-state index in [1.807, 2.05) is 31.2 Å². The zero-order chi connectivity index (χ0) is 32.7. The number of carbonyl (C=O) groups is 1. The van der Waals surface area contributed by atoms with Crippen LogP contribution >= 0.6 is 0 Å². The fourth-order valence-corrected chi connectivity index (χ4v) is 6.38. The molecule has 0 radical (unpaired) electrons. The molecule has 1 saturated heterocycles.